The number of ether oxygens (including phenoxy) is 1. The summed E-state index contributed by atoms with van der Waals surface area (Å²) in [6.07, 6.45) is 5.88. The van der Waals surface area contributed by atoms with Gasteiger partial charge in [0.05, 0.1) is 6.10 Å². The number of hydrogen-bond donors (Lipinski definition) is 1. The SMILES string of the molecule is COC1CC(N2CCC(CNC3CC3)C2)C1(C)C. The molecule has 2 aliphatic carbocycles. The van der Waals surface area contributed by atoms with Crippen LogP contribution in [0.4, 0.5) is 0 Å². The van der Waals surface area contributed by atoms with Crippen molar-refractivity contribution in [2.24, 2.45) is 11.3 Å². The zero-order valence-corrected chi connectivity index (χ0v) is 12.1. The number of rotatable bonds is 5. The van der Waals surface area contributed by atoms with Gasteiger partial charge in [-0.2, -0.15) is 0 Å². The maximum atomic E-state index is 5.57. The van der Waals surface area contributed by atoms with Crippen LogP contribution < -0.4 is 5.32 Å². The minimum absolute atomic E-state index is 0.341. The molecule has 1 saturated heterocycles. The Hall–Kier alpha value is -0.120. The van der Waals surface area contributed by atoms with E-state index in [1.807, 2.05) is 7.11 Å². The van der Waals surface area contributed by atoms with Crippen molar-refractivity contribution in [3.05, 3.63) is 0 Å². The summed E-state index contributed by atoms with van der Waals surface area (Å²) in [5.41, 5.74) is 0.341. The third kappa shape index (κ3) is 2.33. The van der Waals surface area contributed by atoms with Gasteiger partial charge in [-0.3, -0.25) is 4.90 Å². The van der Waals surface area contributed by atoms with Crippen LogP contribution in [0.1, 0.15) is 39.5 Å². The average molecular weight is 252 g/mol. The van der Waals surface area contributed by atoms with Gasteiger partial charge >= 0.3 is 0 Å². The van der Waals surface area contributed by atoms with Crippen LogP contribution in [0.25, 0.3) is 0 Å². The Labute approximate surface area is 111 Å². The molecule has 3 heteroatoms. The van der Waals surface area contributed by atoms with Gasteiger partial charge in [0.1, 0.15) is 0 Å². The maximum Gasteiger partial charge on any atom is 0.0652 e. The van der Waals surface area contributed by atoms with Gasteiger partial charge in [-0.25, -0.2) is 0 Å². The van der Waals surface area contributed by atoms with E-state index < -0.39 is 0 Å². The van der Waals surface area contributed by atoms with Gasteiger partial charge in [-0.05, 0) is 44.7 Å². The topological polar surface area (TPSA) is 24.5 Å². The summed E-state index contributed by atoms with van der Waals surface area (Å²) in [6, 6.07) is 1.60. The Morgan fingerprint density at radius 3 is 2.67 bits per heavy atom. The summed E-state index contributed by atoms with van der Waals surface area (Å²) < 4.78 is 5.57. The molecule has 3 nitrogen and oxygen atoms in total. The standard InChI is InChI=1S/C15H28N2O/c1-15(2)13(8-14(15)18-3)17-7-6-11(10-17)9-16-12-4-5-12/h11-14,16H,4-10H2,1-3H3. The predicted molar refractivity (Wildman–Crippen MR) is 73.7 cm³/mol. The average Bonchev–Trinajstić information content (AvgIpc) is 3.06. The summed E-state index contributed by atoms with van der Waals surface area (Å²) in [5.74, 6) is 0.878. The first kappa shape index (κ1) is 12.9. The second kappa shape index (κ2) is 4.77. The van der Waals surface area contributed by atoms with Crippen LogP contribution in [-0.2, 0) is 4.74 Å². The van der Waals surface area contributed by atoms with E-state index in [0.717, 1.165) is 18.0 Å². The van der Waals surface area contributed by atoms with Crippen LogP contribution in [0, 0.1) is 11.3 Å². The van der Waals surface area contributed by atoms with Crippen molar-refractivity contribution in [1.29, 1.82) is 0 Å². The maximum absolute atomic E-state index is 5.57. The molecule has 3 rings (SSSR count). The second-order valence-corrected chi connectivity index (χ2v) is 7.13. The minimum Gasteiger partial charge on any atom is -0.381 e. The van der Waals surface area contributed by atoms with Gasteiger partial charge in [0.2, 0.25) is 0 Å². The molecule has 18 heavy (non-hydrogen) atoms. The lowest BCUT2D eigenvalue weighted by molar-refractivity contribution is -0.133. The first-order chi connectivity index (χ1) is 8.61. The highest BCUT2D eigenvalue weighted by atomic mass is 16.5. The molecule has 1 N–H and O–H groups in total. The molecule has 1 heterocycles. The molecule has 0 aromatic carbocycles. The lowest BCUT2D eigenvalue weighted by atomic mass is 9.64. The van der Waals surface area contributed by atoms with Crippen molar-refractivity contribution >= 4 is 0 Å². The molecule has 0 spiro atoms. The fraction of sp³-hybridized carbons (Fsp3) is 1.00. The molecule has 104 valence electrons. The molecule has 0 aromatic rings. The van der Waals surface area contributed by atoms with Crippen molar-refractivity contribution < 1.29 is 4.74 Å². The van der Waals surface area contributed by atoms with Crippen LogP contribution in [0.3, 0.4) is 0 Å². The third-order valence-corrected chi connectivity index (χ3v) is 5.44. The van der Waals surface area contributed by atoms with Gasteiger partial charge in [0.15, 0.2) is 0 Å². The first-order valence-corrected chi connectivity index (χ1v) is 7.61. The molecule has 3 fully saturated rings. The van der Waals surface area contributed by atoms with Crippen molar-refractivity contribution in [3.8, 4) is 0 Å². The molecule has 0 bridgehead atoms. The summed E-state index contributed by atoms with van der Waals surface area (Å²) in [6.45, 7) is 8.56. The molecule has 3 unspecified atom stereocenters. The van der Waals surface area contributed by atoms with Crippen molar-refractivity contribution in [3.63, 3.8) is 0 Å². The van der Waals surface area contributed by atoms with Crippen molar-refractivity contribution in [1.82, 2.24) is 10.2 Å². The van der Waals surface area contributed by atoms with Crippen molar-refractivity contribution in [2.45, 2.75) is 57.7 Å². The van der Waals surface area contributed by atoms with Crippen LogP contribution in [0.15, 0.2) is 0 Å². The van der Waals surface area contributed by atoms with Crippen molar-refractivity contribution in [2.75, 3.05) is 26.7 Å². The minimum atomic E-state index is 0.341. The summed E-state index contributed by atoms with van der Waals surface area (Å²) in [4.78, 5) is 2.72. The highest BCUT2D eigenvalue weighted by molar-refractivity contribution is 5.05. The third-order valence-electron chi connectivity index (χ3n) is 5.44. The lowest BCUT2D eigenvalue weighted by Crippen LogP contribution is -2.61. The van der Waals surface area contributed by atoms with E-state index in [1.165, 1.54) is 45.3 Å². The van der Waals surface area contributed by atoms with Gasteiger partial charge in [0, 0.05) is 31.2 Å². The smallest absolute Gasteiger partial charge is 0.0652 e. The fourth-order valence-corrected chi connectivity index (χ4v) is 3.82. The van der Waals surface area contributed by atoms with E-state index in [0.29, 0.717) is 11.5 Å². The summed E-state index contributed by atoms with van der Waals surface area (Å²) in [7, 11) is 1.86. The molecule has 2 saturated carbocycles. The van der Waals surface area contributed by atoms with E-state index in [2.05, 4.69) is 24.1 Å². The summed E-state index contributed by atoms with van der Waals surface area (Å²) in [5, 5.41) is 3.68. The second-order valence-electron chi connectivity index (χ2n) is 7.13. The molecule has 0 amide bonds. The normalized spacial score (nSPS) is 39.8. The van der Waals surface area contributed by atoms with Gasteiger partial charge < -0.3 is 10.1 Å². The number of methoxy groups -OCH3 is 1. The zero-order chi connectivity index (χ0) is 12.8. The first-order valence-electron chi connectivity index (χ1n) is 7.61. The number of nitrogens with zero attached hydrogens (tertiary/aromatic N) is 1. The molecular weight excluding hydrogens is 224 g/mol. The molecule has 0 aromatic heterocycles. The molecule has 1 aliphatic heterocycles. The monoisotopic (exact) mass is 252 g/mol. The Morgan fingerprint density at radius 1 is 1.28 bits per heavy atom. The number of likely N-dealkylation sites (tertiary alicyclic amines) is 1. The molecule has 0 radical (unpaired) electrons. The zero-order valence-electron chi connectivity index (χ0n) is 12.1. The predicted octanol–water partition coefficient (Wildman–Crippen LogP) is 1.87. The van der Waals surface area contributed by atoms with Crippen LogP contribution in [0.5, 0.6) is 0 Å². The van der Waals surface area contributed by atoms with E-state index >= 15 is 0 Å². The Bertz CT molecular complexity index is 301. The Morgan fingerprint density at radius 2 is 2.06 bits per heavy atom. The van der Waals surface area contributed by atoms with E-state index in [-0.39, 0.29) is 0 Å². The number of hydrogen-bond acceptors (Lipinski definition) is 3. The highest BCUT2D eigenvalue weighted by Crippen LogP contribution is 2.46. The Balaban J connectivity index is 1.47. The lowest BCUT2D eigenvalue weighted by Gasteiger charge is -2.54. The molecule has 3 atom stereocenters. The van der Waals surface area contributed by atoms with Crippen LogP contribution in [0.2, 0.25) is 0 Å². The van der Waals surface area contributed by atoms with E-state index in [4.69, 9.17) is 4.74 Å². The number of nitrogens with one attached hydrogen (secondary N) is 1. The van der Waals surface area contributed by atoms with E-state index in [9.17, 15) is 0 Å². The quantitative estimate of drug-likeness (QED) is 0.808. The van der Waals surface area contributed by atoms with Gasteiger partial charge in [0.25, 0.3) is 0 Å². The van der Waals surface area contributed by atoms with Crippen LogP contribution >= 0.6 is 0 Å². The van der Waals surface area contributed by atoms with Gasteiger partial charge in [-0.1, -0.05) is 13.8 Å². The Kier molecular flexibility index (Phi) is 3.41. The molecule has 3 aliphatic rings. The van der Waals surface area contributed by atoms with E-state index in [1.54, 1.807) is 0 Å². The molecular formula is C15H28N2O. The van der Waals surface area contributed by atoms with Gasteiger partial charge in [-0.15, -0.1) is 0 Å². The summed E-state index contributed by atoms with van der Waals surface area (Å²) >= 11 is 0. The fourth-order valence-electron chi connectivity index (χ4n) is 3.82. The largest absolute Gasteiger partial charge is 0.381 e. The highest BCUT2D eigenvalue weighted by Gasteiger charge is 2.52. The van der Waals surface area contributed by atoms with Crippen LogP contribution in [-0.4, -0.2) is 49.8 Å².